The van der Waals surface area contributed by atoms with Crippen molar-refractivity contribution in [1.82, 2.24) is 0 Å². The highest BCUT2D eigenvalue weighted by atomic mass is 16.7. The van der Waals surface area contributed by atoms with Gasteiger partial charge in [0, 0.05) is 11.0 Å². The maximum atomic E-state index is 6.52. The van der Waals surface area contributed by atoms with E-state index < -0.39 is 5.79 Å². The predicted octanol–water partition coefficient (Wildman–Crippen LogP) is 5.11. The van der Waals surface area contributed by atoms with Gasteiger partial charge in [-0.15, -0.1) is 0 Å². The van der Waals surface area contributed by atoms with Crippen LogP contribution in [0.15, 0.2) is 42.5 Å². The summed E-state index contributed by atoms with van der Waals surface area (Å²) in [6, 6.07) is 14.8. The van der Waals surface area contributed by atoms with Crippen molar-refractivity contribution in [3.05, 3.63) is 48.0 Å². The molecule has 1 aliphatic heterocycles. The first kappa shape index (κ1) is 15.5. The van der Waals surface area contributed by atoms with Gasteiger partial charge in [0.25, 0.3) is 0 Å². The highest BCUT2D eigenvalue weighted by molar-refractivity contribution is 5.86. The highest BCUT2D eigenvalue weighted by Crippen LogP contribution is 2.44. The summed E-state index contributed by atoms with van der Waals surface area (Å²) in [4.78, 5) is 0. The Kier molecular flexibility index (Phi) is 3.78. The van der Waals surface area contributed by atoms with E-state index in [0.717, 1.165) is 5.56 Å². The molecule has 0 N–H and O–H groups in total. The minimum Gasteiger partial charge on any atom is -0.345 e. The molecular formula is C20H26O2. The van der Waals surface area contributed by atoms with Crippen LogP contribution in [0.3, 0.4) is 0 Å². The molecule has 1 fully saturated rings. The molecule has 2 aromatic carbocycles. The lowest BCUT2D eigenvalue weighted by Crippen LogP contribution is -2.52. The van der Waals surface area contributed by atoms with Gasteiger partial charge in [-0.25, -0.2) is 0 Å². The van der Waals surface area contributed by atoms with Crippen molar-refractivity contribution < 1.29 is 9.47 Å². The number of benzene rings is 2. The average Bonchev–Trinajstić information content (AvgIpc) is 2.49. The van der Waals surface area contributed by atoms with Gasteiger partial charge in [-0.05, 0) is 23.6 Å². The number of rotatable bonds is 2. The van der Waals surface area contributed by atoms with Gasteiger partial charge in [0.15, 0.2) is 5.79 Å². The van der Waals surface area contributed by atoms with Gasteiger partial charge in [-0.1, -0.05) is 70.2 Å². The fourth-order valence-corrected chi connectivity index (χ4v) is 3.64. The van der Waals surface area contributed by atoms with Gasteiger partial charge in [0.1, 0.15) is 0 Å². The third kappa shape index (κ3) is 2.55. The van der Waals surface area contributed by atoms with Crippen molar-refractivity contribution in [2.75, 3.05) is 6.61 Å². The Labute approximate surface area is 133 Å². The number of fused-ring (bicyclic) bond motifs is 1. The molecule has 2 heteroatoms. The maximum absolute atomic E-state index is 6.52. The van der Waals surface area contributed by atoms with Crippen LogP contribution in [0.1, 0.15) is 40.2 Å². The molecule has 0 saturated carbocycles. The average molecular weight is 298 g/mol. The Hall–Kier alpha value is -1.38. The third-order valence-electron chi connectivity index (χ3n) is 4.73. The SMILES string of the molecule is CC(C)C1OC(C)(c2cccc3ccccc23)OCC1(C)C. The van der Waals surface area contributed by atoms with Gasteiger partial charge >= 0.3 is 0 Å². The van der Waals surface area contributed by atoms with Crippen molar-refractivity contribution in [3.63, 3.8) is 0 Å². The maximum Gasteiger partial charge on any atom is 0.192 e. The summed E-state index contributed by atoms with van der Waals surface area (Å²) in [5.74, 6) is -0.237. The molecule has 1 aliphatic rings. The topological polar surface area (TPSA) is 18.5 Å². The lowest BCUT2D eigenvalue weighted by Gasteiger charge is -2.49. The molecule has 1 saturated heterocycles. The Morgan fingerprint density at radius 2 is 1.68 bits per heavy atom. The van der Waals surface area contributed by atoms with Gasteiger partial charge in [-0.2, -0.15) is 0 Å². The van der Waals surface area contributed by atoms with E-state index in [-0.39, 0.29) is 11.5 Å². The highest BCUT2D eigenvalue weighted by Gasteiger charge is 2.46. The largest absolute Gasteiger partial charge is 0.345 e. The van der Waals surface area contributed by atoms with Crippen molar-refractivity contribution in [1.29, 1.82) is 0 Å². The van der Waals surface area contributed by atoms with E-state index in [0.29, 0.717) is 12.5 Å². The summed E-state index contributed by atoms with van der Waals surface area (Å²) >= 11 is 0. The van der Waals surface area contributed by atoms with Crippen LogP contribution in [0.5, 0.6) is 0 Å². The molecule has 0 bridgehead atoms. The smallest absolute Gasteiger partial charge is 0.192 e. The zero-order valence-corrected chi connectivity index (χ0v) is 14.2. The Morgan fingerprint density at radius 3 is 2.41 bits per heavy atom. The van der Waals surface area contributed by atoms with Crippen LogP contribution in [0.25, 0.3) is 10.8 Å². The number of hydrogen-bond acceptors (Lipinski definition) is 2. The predicted molar refractivity (Wildman–Crippen MR) is 90.7 cm³/mol. The molecular weight excluding hydrogens is 272 g/mol. The van der Waals surface area contributed by atoms with Crippen LogP contribution in [0, 0.1) is 11.3 Å². The second-order valence-corrected chi connectivity index (χ2v) is 7.53. The number of hydrogen-bond donors (Lipinski definition) is 0. The monoisotopic (exact) mass is 298 g/mol. The fraction of sp³-hybridized carbons (Fsp3) is 0.500. The van der Waals surface area contributed by atoms with Crippen LogP contribution < -0.4 is 0 Å². The van der Waals surface area contributed by atoms with Crippen molar-refractivity contribution in [2.45, 2.75) is 46.5 Å². The van der Waals surface area contributed by atoms with E-state index in [4.69, 9.17) is 9.47 Å². The summed E-state index contributed by atoms with van der Waals surface area (Å²) in [6.07, 6.45) is 0.171. The lowest BCUT2D eigenvalue weighted by molar-refractivity contribution is -0.336. The summed E-state index contributed by atoms with van der Waals surface area (Å²) in [5, 5.41) is 2.43. The normalized spacial score (nSPS) is 28.2. The second kappa shape index (κ2) is 5.36. The van der Waals surface area contributed by atoms with E-state index in [1.807, 2.05) is 0 Å². The van der Waals surface area contributed by atoms with Gasteiger partial charge in [-0.3, -0.25) is 0 Å². The standard InChI is InChI=1S/C20H26O2/c1-14(2)18-19(3,4)13-21-20(5,22-18)17-12-8-10-15-9-6-7-11-16(15)17/h6-12,14,18H,13H2,1-5H3. The zero-order chi connectivity index (χ0) is 16.0. The van der Waals surface area contributed by atoms with Crippen LogP contribution in [0.4, 0.5) is 0 Å². The first-order valence-corrected chi connectivity index (χ1v) is 8.13. The summed E-state index contributed by atoms with van der Waals surface area (Å²) < 4.78 is 12.8. The Balaban J connectivity index is 2.06. The van der Waals surface area contributed by atoms with E-state index in [1.165, 1.54) is 10.8 Å². The molecule has 0 aliphatic carbocycles. The van der Waals surface area contributed by atoms with Gasteiger partial charge < -0.3 is 9.47 Å². The number of ether oxygens (including phenoxy) is 2. The second-order valence-electron chi connectivity index (χ2n) is 7.53. The van der Waals surface area contributed by atoms with Crippen molar-refractivity contribution in [3.8, 4) is 0 Å². The third-order valence-corrected chi connectivity index (χ3v) is 4.73. The minimum absolute atomic E-state index is 0.0261. The van der Waals surface area contributed by atoms with Crippen LogP contribution in [-0.4, -0.2) is 12.7 Å². The van der Waals surface area contributed by atoms with Crippen molar-refractivity contribution in [2.24, 2.45) is 11.3 Å². The summed E-state index contributed by atoms with van der Waals surface area (Å²) in [7, 11) is 0. The summed E-state index contributed by atoms with van der Waals surface area (Å²) in [5.41, 5.74) is 1.14. The van der Waals surface area contributed by atoms with Crippen LogP contribution in [-0.2, 0) is 15.3 Å². The lowest BCUT2D eigenvalue weighted by atomic mass is 9.79. The molecule has 0 aromatic heterocycles. The van der Waals surface area contributed by atoms with E-state index >= 15 is 0 Å². The molecule has 0 radical (unpaired) electrons. The van der Waals surface area contributed by atoms with Crippen LogP contribution >= 0.6 is 0 Å². The van der Waals surface area contributed by atoms with E-state index in [1.54, 1.807) is 0 Å². The molecule has 1 heterocycles. The molecule has 0 amide bonds. The molecule has 0 spiro atoms. The molecule has 3 rings (SSSR count). The van der Waals surface area contributed by atoms with Gasteiger partial charge in [0.2, 0.25) is 0 Å². The van der Waals surface area contributed by atoms with E-state index in [2.05, 4.69) is 77.1 Å². The van der Waals surface area contributed by atoms with Crippen LogP contribution in [0.2, 0.25) is 0 Å². The van der Waals surface area contributed by atoms with Crippen molar-refractivity contribution >= 4 is 10.8 Å². The molecule has 2 atom stereocenters. The Morgan fingerprint density at radius 1 is 1.00 bits per heavy atom. The zero-order valence-electron chi connectivity index (χ0n) is 14.2. The van der Waals surface area contributed by atoms with Gasteiger partial charge in [0.05, 0.1) is 12.7 Å². The molecule has 118 valence electrons. The Bertz CT molecular complexity index is 669. The molecule has 22 heavy (non-hydrogen) atoms. The first-order valence-electron chi connectivity index (χ1n) is 8.13. The molecule has 2 aromatic rings. The molecule has 2 unspecified atom stereocenters. The first-order chi connectivity index (χ1) is 10.3. The van der Waals surface area contributed by atoms with E-state index in [9.17, 15) is 0 Å². The summed E-state index contributed by atoms with van der Waals surface area (Å²) in [6.45, 7) is 11.7. The minimum atomic E-state index is -0.689. The quantitative estimate of drug-likeness (QED) is 0.767. The molecule has 2 nitrogen and oxygen atoms in total. The fourth-order valence-electron chi connectivity index (χ4n) is 3.64.